The number of ketones is 1. The quantitative estimate of drug-likeness (QED) is 0.622. The molecule has 3 rings (SSSR count). The van der Waals surface area contributed by atoms with E-state index in [2.05, 4.69) is 15.9 Å². The summed E-state index contributed by atoms with van der Waals surface area (Å²) in [6, 6.07) is 4.73. The van der Waals surface area contributed by atoms with Gasteiger partial charge in [0.15, 0.2) is 0 Å². The molecule has 5 nitrogen and oxygen atoms in total. The predicted octanol–water partition coefficient (Wildman–Crippen LogP) is 3.64. The summed E-state index contributed by atoms with van der Waals surface area (Å²) in [5.74, 6) is 0.482. The maximum Gasteiger partial charge on any atom is 0.312 e. The van der Waals surface area contributed by atoms with Crippen LogP contribution in [0.25, 0.3) is 0 Å². The summed E-state index contributed by atoms with van der Waals surface area (Å²) < 4.78 is 6.43. The molecule has 0 saturated heterocycles. The van der Waals surface area contributed by atoms with E-state index in [4.69, 9.17) is 4.74 Å². The van der Waals surface area contributed by atoms with E-state index in [1.165, 1.54) is 6.07 Å². The third-order valence-electron chi connectivity index (χ3n) is 4.44. The Bertz CT molecular complexity index is 581. The molecule has 1 aromatic rings. The van der Waals surface area contributed by atoms with E-state index in [-0.39, 0.29) is 28.7 Å². The van der Waals surface area contributed by atoms with Crippen molar-refractivity contribution in [2.45, 2.75) is 38.2 Å². The van der Waals surface area contributed by atoms with E-state index in [0.717, 1.165) is 25.7 Å². The lowest BCUT2D eigenvalue weighted by Gasteiger charge is -2.44. The Morgan fingerprint density at radius 3 is 2.65 bits per heavy atom. The molecule has 0 N–H and O–H groups in total. The summed E-state index contributed by atoms with van der Waals surface area (Å²) in [7, 11) is 0. The maximum atomic E-state index is 11.9. The number of benzene rings is 1. The number of rotatable bonds is 3. The van der Waals surface area contributed by atoms with E-state index in [1.807, 2.05) is 0 Å². The number of hydrogen-bond donors (Lipinski definition) is 0. The second-order valence-corrected chi connectivity index (χ2v) is 6.30. The van der Waals surface area contributed by atoms with Crippen LogP contribution in [0.15, 0.2) is 22.7 Å². The first kappa shape index (κ1) is 13.5. The molecule has 1 spiro atoms. The standard InChI is InChI=1S/C14H14BrNO4/c15-9-4-3-5-10(16(18)19)13(9)20-12-8-11(17)14(12)6-1-2-7-14/h3-5,12H,1-2,6-8H2. The predicted molar refractivity (Wildman–Crippen MR) is 75.7 cm³/mol. The Kier molecular flexibility index (Phi) is 3.28. The second kappa shape index (κ2) is 4.84. The first-order chi connectivity index (χ1) is 9.54. The molecular weight excluding hydrogens is 326 g/mol. The zero-order valence-electron chi connectivity index (χ0n) is 10.8. The van der Waals surface area contributed by atoms with Crippen LogP contribution < -0.4 is 4.74 Å². The lowest BCUT2D eigenvalue weighted by atomic mass is 9.63. The second-order valence-electron chi connectivity index (χ2n) is 5.44. The number of hydrogen-bond acceptors (Lipinski definition) is 4. The maximum absolute atomic E-state index is 11.9. The lowest BCUT2D eigenvalue weighted by Crippen LogP contribution is -2.55. The minimum absolute atomic E-state index is 0.0631. The Balaban J connectivity index is 1.89. The van der Waals surface area contributed by atoms with E-state index in [9.17, 15) is 14.9 Å². The SMILES string of the molecule is O=C1CC(Oc2c(Br)cccc2[N+](=O)[O-])C12CCCC2. The van der Waals surface area contributed by atoms with Crippen molar-refractivity contribution in [2.75, 3.05) is 0 Å². The van der Waals surface area contributed by atoms with Crippen molar-refractivity contribution in [3.63, 3.8) is 0 Å². The van der Waals surface area contributed by atoms with Gasteiger partial charge in [0.2, 0.25) is 5.75 Å². The molecule has 1 unspecified atom stereocenters. The van der Waals surface area contributed by atoms with Crippen molar-refractivity contribution in [3.8, 4) is 5.75 Å². The third kappa shape index (κ3) is 1.93. The third-order valence-corrected chi connectivity index (χ3v) is 5.07. The Hall–Kier alpha value is -1.43. The molecule has 20 heavy (non-hydrogen) atoms. The van der Waals surface area contributed by atoms with Crippen molar-refractivity contribution in [3.05, 3.63) is 32.8 Å². The van der Waals surface area contributed by atoms with Gasteiger partial charge in [0, 0.05) is 12.5 Å². The number of nitro benzene ring substituents is 1. The number of carbonyl (C=O) groups is 1. The molecule has 6 heteroatoms. The number of nitrogens with zero attached hydrogens (tertiary/aromatic N) is 1. The number of halogens is 1. The normalized spacial score (nSPS) is 23.6. The molecule has 0 aliphatic heterocycles. The van der Waals surface area contributed by atoms with Crippen LogP contribution in [0.1, 0.15) is 32.1 Å². The molecule has 2 aliphatic carbocycles. The largest absolute Gasteiger partial charge is 0.481 e. The van der Waals surface area contributed by atoms with Gasteiger partial charge in [-0.15, -0.1) is 0 Å². The van der Waals surface area contributed by atoms with Gasteiger partial charge in [-0.3, -0.25) is 14.9 Å². The first-order valence-electron chi connectivity index (χ1n) is 6.67. The minimum Gasteiger partial charge on any atom is -0.481 e. The molecule has 2 aliphatic rings. The summed E-state index contributed by atoms with van der Waals surface area (Å²) in [4.78, 5) is 22.6. The monoisotopic (exact) mass is 339 g/mol. The van der Waals surface area contributed by atoms with Gasteiger partial charge in [-0.2, -0.15) is 0 Å². The Morgan fingerprint density at radius 1 is 1.35 bits per heavy atom. The van der Waals surface area contributed by atoms with Gasteiger partial charge in [-0.05, 0) is 34.8 Å². The minimum atomic E-state index is -0.456. The molecule has 0 aromatic heterocycles. The summed E-state index contributed by atoms with van der Waals surface area (Å²) in [6.07, 6.45) is 3.88. The zero-order valence-corrected chi connectivity index (χ0v) is 12.4. The van der Waals surface area contributed by atoms with Crippen molar-refractivity contribution >= 4 is 27.4 Å². The van der Waals surface area contributed by atoms with Crippen molar-refractivity contribution < 1.29 is 14.5 Å². The molecule has 2 saturated carbocycles. The van der Waals surface area contributed by atoms with Gasteiger partial charge in [0.1, 0.15) is 11.9 Å². The Morgan fingerprint density at radius 2 is 2.05 bits per heavy atom. The van der Waals surface area contributed by atoms with Crippen LogP contribution in [-0.4, -0.2) is 16.8 Å². The fourth-order valence-electron chi connectivity index (χ4n) is 3.28. The smallest absolute Gasteiger partial charge is 0.312 e. The number of Topliss-reactive ketones (excluding diaryl/α,β-unsaturated/α-hetero) is 1. The van der Waals surface area contributed by atoms with Gasteiger partial charge in [-0.25, -0.2) is 0 Å². The lowest BCUT2D eigenvalue weighted by molar-refractivity contribution is -0.386. The van der Waals surface area contributed by atoms with E-state index < -0.39 is 4.92 Å². The highest BCUT2D eigenvalue weighted by Gasteiger charge is 2.57. The molecular formula is C14H14BrNO4. The van der Waals surface area contributed by atoms with Crippen LogP contribution in [0.3, 0.4) is 0 Å². The van der Waals surface area contributed by atoms with Crippen LogP contribution in [0.4, 0.5) is 5.69 Å². The van der Waals surface area contributed by atoms with Crippen LogP contribution in [0, 0.1) is 15.5 Å². The van der Waals surface area contributed by atoms with Crippen LogP contribution >= 0.6 is 15.9 Å². The van der Waals surface area contributed by atoms with Crippen molar-refractivity contribution in [1.82, 2.24) is 0 Å². The fraction of sp³-hybridized carbons (Fsp3) is 0.500. The van der Waals surface area contributed by atoms with Crippen LogP contribution in [0.2, 0.25) is 0 Å². The fourth-order valence-corrected chi connectivity index (χ4v) is 3.73. The summed E-state index contributed by atoms with van der Waals surface area (Å²) in [5, 5.41) is 11.1. The molecule has 106 valence electrons. The highest BCUT2D eigenvalue weighted by Crippen LogP contribution is 2.53. The van der Waals surface area contributed by atoms with E-state index in [0.29, 0.717) is 10.9 Å². The Labute approximate surface area is 124 Å². The molecule has 0 bridgehead atoms. The van der Waals surface area contributed by atoms with Crippen molar-refractivity contribution in [2.24, 2.45) is 5.41 Å². The van der Waals surface area contributed by atoms with Gasteiger partial charge in [0.25, 0.3) is 0 Å². The highest BCUT2D eigenvalue weighted by atomic mass is 79.9. The molecule has 2 fully saturated rings. The van der Waals surface area contributed by atoms with Crippen molar-refractivity contribution in [1.29, 1.82) is 0 Å². The summed E-state index contributed by atoms with van der Waals surface area (Å²) in [6.45, 7) is 0. The summed E-state index contributed by atoms with van der Waals surface area (Å²) >= 11 is 3.29. The van der Waals surface area contributed by atoms with Gasteiger partial charge < -0.3 is 4.74 Å². The van der Waals surface area contributed by atoms with Gasteiger partial charge in [-0.1, -0.05) is 18.9 Å². The van der Waals surface area contributed by atoms with E-state index in [1.54, 1.807) is 12.1 Å². The first-order valence-corrected chi connectivity index (χ1v) is 7.47. The number of ether oxygens (including phenoxy) is 1. The number of nitro groups is 1. The average molecular weight is 340 g/mol. The van der Waals surface area contributed by atoms with Crippen LogP contribution in [-0.2, 0) is 4.79 Å². The molecule has 0 amide bonds. The average Bonchev–Trinajstić information content (AvgIpc) is 2.92. The van der Waals surface area contributed by atoms with Crippen LogP contribution in [0.5, 0.6) is 5.75 Å². The molecule has 0 heterocycles. The van der Waals surface area contributed by atoms with E-state index >= 15 is 0 Å². The molecule has 0 radical (unpaired) electrons. The number of carbonyl (C=O) groups excluding carboxylic acids is 1. The number of para-hydroxylation sites is 1. The molecule has 1 aromatic carbocycles. The highest BCUT2D eigenvalue weighted by molar-refractivity contribution is 9.10. The zero-order chi connectivity index (χ0) is 14.3. The molecule has 1 atom stereocenters. The van der Waals surface area contributed by atoms with Gasteiger partial charge in [0.05, 0.1) is 14.8 Å². The topological polar surface area (TPSA) is 69.4 Å². The summed E-state index contributed by atoms with van der Waals surface area (Å²) in [5.41, 5.74) is -0.449. The van der Waals surface area contributed by atoms with Gasteiger partial charge >= 0.3 is 5.69 Å².